The zero-order chi connectivity index (χ0) is 21.4. The first-order chi connectivity index (χ1) is 14.3. The number of halogens is 1. The number of carbonyl (C=O) groups is 2. The van der Waals surface area contributed by atoms with Crippen LogP contribution in [0.25, 0.3) is 5.65 Å². The predicted molar refractivity (Wildman–Crippen MR) is 114 cm³/mol. The van der Waals surface area contributed by atoms with Crippen molar-refractivity contribution < 1.29 is 9.59 Å². The maximum absolute atomic E-state index is 12.9. The molecular formula is C21H22ClN5O3. The Morgan fingerprint density at radius 2 is 1.93 bits per heavy atom. The lowest BCUT2D eigenvalue weighted by Crippen LogP contribution is -2.29. The number of hydrogen-bond acceptors (Lipinski definition) is 4. The van der Waals surface area contributed by atoms with Gasteiger partial charge in [0, 0.05) is 41.1 Å². The number of benzene rings is 1. The molecule has 0 bridgehead atoms. The second-order valence-corrected chi connectivity index (χ2v) is 7.93. The number of rotatable bonds is 4. The molecule has 3 aromatic rings. The topological polar surface area (TPSA) is 99.6 Å². The molecule has 1 fully saturated rings. The van der Waals surface area contributed by atoms with Gasteiger partial charge < -0.3 is 10.2 Å². The third kappa shape index (κ3) is 3.82. The average molecular weight is 428 g/mol. The van der Waals surface area contributed by atoms with Crippen LogP contribution in [0.3, 0.4) is 0 Å². The zero-order valence-electron chi connectivity index (χ0n) is 16.8. The van der Waals surface area contributed by atoms with Crippen molar-refractivity contribution in [3.05, 3.63) is 62.2 Å². The van der Waals surface area contributed by atoms with E-state index in [0.29, 0.717) is 46.3 Å². The van der Waals surface area contributed by atoms with Gasteiger partial charge in [-0.2, -0.15) is 0 Å². The van der Waals surface area contributed by atoms with Gasteiger partial charge in [0.1, 0.15) is 0 Å². The zero-order valence-corrected chi connectivity index (χ0v) is 17.5. The van der Waals surface area contributed by atoms with Crippen LogP contribution >= 0.6 is 11.6 Å². The van der Waals surface area contributed by atoms with Crippen molar-refractivity contribution in [1.29, 1.82) is 0 Å². The third-order valence-corrected chi connectivity index (χ3v) is 5.65. The summed E-state index contributed by atoms with van der Waals surface area (Å²) in [5.74, 6) is -0.408. The molecule has 0 radical (unpaired) electrons. The molecular weight excluding hydrogens is 406 g/mol. The standard InChI is InChI=1S/C21H22ClN5O3/c1-12-16(13(2)27-18(23-12)11-20(29)25-27)10-19(28)24-17-9-14(22)5-6-15(17)21(30)26-7-3-4-8-26/h5-6,9,11H,3-4,7-8,10H2,1-2H3,(H,24,28)(H,25,29). The van der Waals surface area contributed by atoms with Crippen LogP contribution < -0.4 is 10.9 Å². The molecule has 1 saturated heterocycles. The maximum Gasteiger partial charge on any atom is 0.266 e. The highest BCUT2D eigenvalue weighted by Gasteiger charge is 2.23. The van der Waals surface area contributed by atoms with Gasteiger partial charge in [-0.25, -0.2) is 9.50 Å². The van der Waals surface area contributed by atoms with Crippen molar-refractivity contribution in [3.8, 4) is 0 Å². The van der Waals surface area contributed by atoms with Gasteiger partial charge in [0.2, 0.25) is 5.91 Å². The molecule has 3 heterocycles. The molecule has 0 aliphatic carbocycles. The summed E-state index contributed by atoms with van der Waals surface area (Å²) in [7, 11) is 0. The number of nitrogens with one attached hydrogen (secondary N) is 2. The lowest BCUT2D eigenvalue weighted by atomic mass is 10.1. The summed E-state index contributed by atoms with van der Waals surface area (Å²) in [4.78, 5) is 43.5. The quantitative estimate of drug-likeness (QED) is 0.668. The molecule has 156 valence electrons. The molecule has 4 rings (SSSR count). The number of aryl methyl sites for hydroxylation is 2. The summed E-state index contributed by atoms with van der Waals surface area (Å²) in [5.41, 5.74) is 3.18. The monoisotopic (exact) mass is 427 g/mol. The minimum Gasteiger partial charge on any atom is -0.339 e. The Hall–Kier alpha value is -3.13. The highest BCUT2D eigenvalue weighted by Crippen LogP contribution is 2.25. The van der Waals surface area contributed by atoms with Crippen LogP contribution in [-0.2, 0) is 11.2 Å². The molecule has 2 N–H and O–H groups in total. The fourth-order valence-electron chi connectivity index (χ4n) is 3.86. The van der Waals surface area contributed by atoms with Crippen LogP contribution in [0.2, 0.25) is 5.02 Å². The highest BCUT2D eigenvalue weighted by atomic mass is 35.5. The first-order valence-corrected chi connectivity index (χ1v) is 10.2. The normalized spacial score (nSPS) is 13.8. The number of likely N-dealkylation sites (tertiary alicyclic amines) is 1. The number of fused-ring (bicyclic) bond motifs is 1. The van der Waals surface area contributed by atoms with Crippen molar-refractivity contribution in [1.82, 2.24) is 19.5 Å². The fourth-order valence-corrected chi connectivity index (χ4v) is 4.04. The van der Waals surface area contributed by atoms with Crippen molar-refractivity contribution in [2.75, 3.05) is 18.4 Å². The summed E-state index contributed by atoms with van der Waals surface area (Å²) >= 11 is 6.12. The third-order valence-electron chi connectivity index (χ3n) is 5.42. The fraction of sp³-hybridized carbons (Fsp3) is 0.333. The minimum atomic E-state index is -0.297. The molecule has 0 unspecified atom stereocenters. The van der Waals surface area contributed by atoms with E-state index in [2.05, 4.69) is 15.4 Å². The van der Waals surface area contributed by atoms with Crippen molar-refractivity contribution in [2.45, 2.75) is 33.1 Å². The second kappa shape index (κ2) is 7.95. The van der Waals surface area contributed by atoms with E-state index < -0.39 is 0 Å². The SMILES string of the molecule is Cc1nc2cc(=O)[nH]n2c(C)c1CC(=O)Nc1cc(Cl)ccc1C(=O)N1CCCC1. The van der Waals surface area contributed by atoms with Gasteiger partial charge in [-0.05, 0) is 44.9 Å². The largest absolute Gasteiger partial charge is 0.339 e. The molecule has 2 aromatic heterocycles. The molecule has 8 nitrogen and oxygen atoms in total. The number of anilines is 1. The first-order valence-electron chi connectivity index (χ1n) is 9.80. The van der Waals surface area contributed by atoms with Crippen LogP contribution in [0, 0.1) is 13.8 Å². The number of H-pyrrole nitrogens is 1. The Kier molecular flexibility index (Phi) is 5.34. The van der Waals surface area contributed by atoms with Crippen molar-refractivity contribution in [3.63, 3.8) is 0 Å². The summed E-state index contributed by atoms with van der Waals surface area (Å²) < 4.78 is 1.57. The van der Waals surface area contributed by atoms with E-state index in [0.717, 1.165) is 18.5 Å². The maximum atomic E-state index is 12.9. The Morgan fingerprint density at radius 3 is 2.67 bits per heavy atom. The van der Waals surface area contributed by atoms with Gasteiger partial charge in [-0.1, -0.05) is 11.6 Å². The van der Waals surface area contributed by atoms with E-state index in [9.17, 15) is 14.4 Å². The summed E-state index contributed by atoms with van der Waals surface area (Å²) in [6.45, 7) is 5.05. The molecule has 1 aromatic carbocycles. The molecule has 0 saturated carbocycles. The summed E-state index contributed by atoms with van der Waals surface area (Å²) in [6, 6.07) is 6.29. The van der Waals surface area contributed by atoms with Gasteiger partial charge in [0.05, 0.1) is 17.7 Å². The Labute approximate surface area is 177 Å². The van der Waals surface area contributed by atoms with Gasteiger partial charge >= 0.3 is 0 Å². The number of aromatic nitrogens is 3. The lowest BCUT2D eigenvalue weighted by molar-refractivity contribution is -0.115. The Balaban J connectivity index is 1.60. The lowest BCUT2D eigenvalue weighted by Gasteiger charge is -2.18. The first kappa shape index (κ1) is 20.2. The molecule has 0 atom stereocenters. The van der Waals surface area contributed by atoms with Crippen molar-refractivity contribution in [2.24, 2.45) is 0 Å². The van der Waals surface area contributed by atoms with Crippen LogP contribution in [-0.4, -0.2) is 44.4 Å². The van der Waals surface area contributed by atoms with Crippen LogP contribution in [0.4, 0.5) is 5.69 Å². The minimum absolute atomic E-state index is 0.0463. The van der Waals surface area contributed by atoms with Crippen LogP contribution in [0.15, 0.2) is 29.1 Å². The van der Waals surface area contributed by atoms with Gasteiger partial charge in [0.25, 0.3) is 11.5 Å². The van der Waals surface area contributed by atoms with E-state index >= 15 is 0 Å². The number of carbonyl (C=O) groups excluding carboxylic acids is 2. The van der Waals surface area contributed by atoms with Gasteiger partial charge in [0.15, 0.2) is 5.65 Å². The van der Waals surface area contributed by atoms with E-state index in [1.807, 2.05) is 6.92 Å². The summed E-state index contributed by atoms with van der Waals surface area (Å²) in [5, 5.41) is 5.95. The number of amides is 2. The molecule has 9 heteroatoms. The number of nitrogens with zero attached hydrogens (tertiary/aromatic N) is 3. The van der Waals surface area contributed by atoms with E-state index in [1.165, 1.54) is 6.07 Å². The van der Waals surface area contributed by atoms with Gasteiger partial charge in [-0.3, -0.25) is 19.5 Å². The molecule has 1 aliphatic heterocycles. The molecule has 30 heavy (non-hydrogen) atoms. The van der Waals surface area contributed by atoms with Crippen molar-refractivity contribution >= 4 is 34.7 Å². The van der Waals surface area contributed by atoms with E-state index in [1.54, 1.807) is 34.5 Å². The van der Waals surface area contributed by atoms with Crippen LogP contribution in [0.1, 0.15) is 40.2 Å². The molecule has 0 spiro atoms. The highest BCUT2D eigenvalue weighted by molar-refractivity contribution is 6.31. The van der Waals surface area contributed by atoms with E-state index in [4.69, 9.17) is 11.6 Å². The van der Waals surface area contributed by atoms with E-state index in [-0.39, 0.29) is 23.8 Å². The second-order valence-electron chi connectivity index (χ2n) is 7.49. The van der Waals surface area contributed by atoms with Gasteiger partial charge in [-0.15, -0.1) is 0 Å². The number of aromatic amines is 1. The summed E-state index contributed by atoms with van der Waals surface area (Å²) in [6.07, 6.45) is 2.01. The molecule has 1 aliphatic rings. The Bertz CT molecular complexity index is 1210. The number of hydrogen-bond donors (Lipinski definition) is 2. The predicted octanol–water partition coefficient (Wildman–Crippen LogP) is 2.71. The van der Waals surface area contributed by atoms with Crippen LogP contribution in [0.5, 0.6) is 0 Å². The molecule has 2 amide bonds. The Morgan fingerprint density at radius 1 is 1.20 bits per heavy atom. The smallest absolute Gasteiger partial charge is 0.266 e. The average Bonchev–Trinajstić information content (AvgIpc) is 3.34.